The van der Waals surface area contributed by atoms with Gasteiger partial charge in [-0.3, -0.25) is 14.2 Å². The SMILES string of the molecule is Cc1cccc(NC(=O)CSc2nnc(CNC(=O)c3cc(Cl)ccc3Cl)n2-c2cccc(C)c2)c1. The van der Waals surface area contributed by atoms with E-state index < -0.39 is 0 Å². The van der Waals surface area contributed by atoms with Gasteiger partial charge in [-0.05, 0) is 67.4 Å². The lowest BCUT2D eigenvalue weighted by Gasteiger charge is -2.12. The maximum atomic E-state index is 12.7. The number of halogens is 2. The van der Waals surface area contributed by atoms with Gasteiger partial charge in [0.05, 0.1) is 22.9 Å². The van der Waals surface area contributed by atoms with Crippen molar-refractivity contribution < 1.29 is 9.59 Å². The first-order valence-corrected chi connectivity index (χ1v) is 12.8. The molecule has 0 aliphatic heterocycles. The Morgan fingerprint density at radius 3 is 2.44 bits per heavy atom. The fourth-order valence-electron chi connectivity index (χ4n) is 3.51. The van der Waals surface area contributed by atoms with Crippen LogP contribution >= 0.6 is 35.0 Å². The first kappa shape index (κ1) is 25.8. The Hall–Kier alpha value is -3.33. The van der Waals surface area contributed by atoms with Gasteiger partial charge >= 0.3 is 0 Å². The molecule has 0 unspecified atom stereocenters. The lowest BCUT2D eigenvalue weighted by atomic mass is 10.2. The number of nitrogens with one attached hydrogen (secondary N) is 2. The lowest BCUT2D eigenvalue weighted by Crippen LogP contribution is -2.25. The van der Waals surface area contributed by atoms with Crippen molar-refractivity contribution in [2.75, 3.05) is 11.1 Å². The molecule has 10 heteroatoms. The minimum absolute atomic E-state index is 0.0959. The van der Waals surface area contributed by atoms with Crippen LogP contribution in [0.1, 0.15) is 27.3 Å². The van der Waals surface area contributed by atoms with E-state index in [1.54, 1.807) is 12.1 Å². The van der Waals surface area contributed by atoms with Crippen LogP contribution in [0.4, 0.5) is 5.69 Å². The molecule has 0 atom stereocenters. The second-order valence-corrected chi connectivity index (χ2v) is 9.87. The van der Waals surface area contributed by atoms with E-state index in [2.05, 4.69) is 20.8 Å². The molecule has 0 radical (unpaired) electrons. The van der Waals surface area contributed by atoms with Crippen LogP contribution in [0.25, 0.3) is 5.69 Å². The molecule has 0 spiro atoms. The van der Waals surface area contributed by atoms with E-state index in [0.717, 1.165) is 22.5 Å². The molecule has 0 saturated heterocycles. The quantitative estimate of drug-likeness (QED) is 0.274. The molecule has 36 heavy (non-hydrogen) atoms. The van der Waals surface area contributed by atoms with Gasteiger partial charge in [-0.1, -0.05) is 59.2 Å². The van der Waals surface area contributed by atoms with Crippen molar-refractivity contribution in [1.29, 1.82) is 0 Å². The van der Waals surface area contributed by atoms with E-state index in [4.69, 9.17) is 23.2 Å². The number of rotatable bonds is 8. The van der Waals surface area contributed by atoms with E-state index >= 15 is 0 Å². The molecule has 0 aliphatic carbocycles. The summed E-state index contributed by atoms with van der Waals surface area (Å²) in [6.07, 6.45) is 0. The molecule has 1 aromatic heterocycles. The van der Waals surface area contributed by atoms with Crippen LogP contribution in [0.15, 0.2) is 71.9 Å². The summed E-state index contributed by atoms with van der Waals surface area (Å²) in [6, 6.07) is 20.1. The summed E-state index contributed by atoms with van der Waals surface area (Å²) in [7, 11) is 0. The maximum absolute atomic E-state index is 12.7. The van der Waals surface area contributed by atoms with Crippen molar-refractivity contribution in [2.24, 2.45) is 0 Å². The number of benzene rings is 3. The molecule has 184 valence electrons. The molecule has 7 nitrogen and oxygen atoms in total. The highest BCUT2D eigenvalue weighted by atomic mass is 35.5. The van der Waals surface area contributed by atoms with Gasteiger partial charge < -0.3 is 10.6 Å². The minimum Gasteiger partial charge on any atom is -0.345 e. The Morgan fingerprint density at radius 2 is 1.69 bits per heavy atom. The van der Waals surface area contributed by atoms with E-state index in [1.165, 1.54) is 17.8 Å². The van der Waals surface area contributed by atoms with Crippen molar-refractivity contribution >= 4 is 52.5 Å². The molecule has 1 heterocycles. The minimum atomic E-state index is -0.381. The van der Waals surface area contributed by atoms with Crippen molar-refractivity contribution in [3.63, 3.8) is 0 Å². The predicted octanol–water partition coefficient (Wildman–Crippen LogP) is 5.85. The van der Waals surface area contributed by atoms with E-state index in [9.17, 15) is 9.59 Å². The smallest absolute Gasteiger partial charge is 0.253 e. The number of anilines is 1. The van der Waals surface area contributed by atoms with Gasteiger partial charge in [-0.25, -0.2) is 0 Å². The number of thioether (sulfide) groups is 1. The van der Waals surface area contributed by atoms with Crippen LogP contribution in [-0.2, 0) is 11.3 Å². The standard InChI is InChI=1S/C26H23Cl2N5O2S/c1-16-5-3-7-19(11-16)30-24(34)15-36-26-32-31-23(33(26)20-8-4-6-17(2)12-20)14-29-25(35)21-13-18(27)9-10-22(21)28/h3-13H,14-15H2,1-2H3,(H,29,35)(H,30,34). The van der Waals surface area contributed by atoms with Crippen molar-refractivity contribution in [3.05, 3.63) is 99.3 Å². The van der Waals surface area contributed by atoms with Gasteiger partial charge in [0.25, 0.3) is 5.91 Å². The zero-order chi connectivity index (χ0) is 25.7. The van der Waals surface area contributed by atoms with Crippen LogP contribution in [0.2, 0.25) is 10.0 Å². The van der Waals surface area contributed by atoms with Gasteiger partial charge in [-0.2, -0.15) is 0 Å². The van der Waals surface area contributed by atoms with Crippen molar-refractivity contribution in [2.45, 2.75) is 25.5 Å². The van der Waals surface area contributed by atoms with Gasteiger partial charge in [0.2, 0.25) is 5.91 Å². The first-order chi connectivity index (χ1) is 17.3. The first-order valence-electron chi connectivity index (χ1n) is 11.0. The van der Waals surface area contributed by atoms with Gasteiger partial charge in [0.1, 0.15) is 0 Å². The number of aromatic nitrogens is 3. The molecule has 2 amide bonds. The molecular weight excluding hydrogens is 517 g/mol. The normalized spacial score (nSPS) is 10.8. The third-order valence-corrected chi connectivity index (χ3v) is 6.67. The third kappa shape index (κ3) is 6.46. The van der Waals surface area contributed by atoms with Crippen LogP contribution in [0.3, 0.4) is 0 Å². The van der Waals surface area contributed by atoms with Crippen LogP contribution < -0.4 is 10.6 Å². The zero-order valence-corrected chi connectivity index (χ0v) is 21.9. The summed E-state index contributed by atoms with van der Waals surface area (Å²) in [4.78, 5) is 25.3. The third-order valence-electron chi connectivity index (χ3n) is 5.17. The average molecular weight is 540 g/mol. The predicted molar refractivity (Wildman–Crippen MR) is 144 cm³/mol. The molecular formula is C26H23Cl2N5O2S. The van der Waals surface area contributed by atoms with Crippen LogP contribution in [-0.4, -0.2) is 32.3 Å². The fraction of sp³-hybridized carbons (Fsp3) is 0.154. The number of amides is 2. The molecule has 0 aliphatic rings. The molecule has 0 bridgehead atoms. The number of aryl methyl sites for hydroxylation is 2. The van der Waals surface area contributed by atoms with Gasteiger partial charge in [0.15, 0.2) is 11.0 Å². The van der Waals surface area contributed by atoms with E-state index in [-0.39, 0.29) is 29.7 Å². The second-order valence-electron chi connectivity index (χ2n) is 8.09. The summed E-state index contributed by atoms with van der Waals surface area (Å²) in [5.41, 5.74) is 3.95. The molecule has 0 fully saturated rings. The highest BCUT2D eigenvalue weighted by Crippen LogP contribution is 2.24. The Morgan fingerprint density at radius 1 is 0.944 bits per heavy atom. The monoisotopic (exact) mass is 539 g/mol. The number of hydrogen-bond donors (Lipinski definition) is 2. The number of nitrogens with zero attached hydrogens (tertiary/aromatic N) is 3. The Bertz CT molecular complexity index is 1420. The average Bonchev–Trinajstić information content (AvgIpc) is 3.25. The number of hydrogen-bond acceptors (Lipinski definition) is 5. The summed E-state index contributed by atoms with van der Waals surface area (Å²) in [5.74, 6) is 0.110. The zero-order valence-electron chi connectivity index (χ0n) is 19.6. The van der Waals surface area contributed by atoms with Crippen molar-refractivity contribution in [3.8, 4) is 5.69 Å². The highest BCUT2D eigenvalue weighted by molar-refractivity contribution is 7.99. The fourth-order valence-corrected chi connectivity index (χ4v) is 4.66. The van der Waals surface area contributed by atoms with Gasteiger partial charge in [0, 0.05) is 16.4 Å². The second kappa shape index (κ2) is 11.6. The summed E-state index contributed by atoms with van der Waals surface area (Å²) in [6.45, 7) is 4.05. The summed E-state index contributed by atoms with van der Waals surface area (Å²) in [5, 5.41) is 15.6. The molecule has 2 N–H and O–H groups in total. The van der Waals surface area contributed by atoms with Crippen molar-refractivity contribution in [1.82, 2.24) is 20.1 Å². The number of carbonyl (C=O) groups excluding carboxylic acids is 2. The highest BCUT2D eigenvalue weighted by Gasteiger charge is 2.18. The van der Waals surface area contributed by atoms with Crippen LogP contribution in [0, 0.1) is 13.8 Å². The Balaban J connectivity index is 1.52. The molecule has 4 rings (SSSR count). The molecule has 0 saturated carbocycles. The maximum Gasteiger partial charge on any atom is 0.253 e. The van der Waals surface area contributed by atoms with Crippen LogP contribution in [0.5, 0.6) is 0 Å². The van der Waals surface area contributed by atoms with E-state index in [1.807, 2.05) is 66.9 Å². The Labute approximate surface area is 223 Å². The lowest BCUT2D eigenvalue weighted by molar-refractivity contribution is -0.113. The summed E-state index contributed by atoms with van der Waals surface area (Å²) < 4.78 is 1.83. The summed E-state index contributed by atoms with van der Waals surface area (Å²) >= 11 is 13.4. The largest absolute Gasteiger partial charge is 0.345 e. The van der Waals surface area contributed by atoms with E-state index in [0.29, 0.717) is 21.0 Å². The molecule has 4 aromatic rings. The Kier molecular flexibility index (Phi) is 8.30. The number of carbonyl (C=O) groups is 2. The molecule has 3 aromatic carbocycles. The van der Waals surface area contributed by atoms with Gasteiger partial charge in [-0.15, -0.1) is 10.2 Å². The topological polar surface area (TPSA) is 88.9 Å².